The van der Waals surface area contributed by atoms with Crippen LogP contribution in [0.1, 0.15) is 63.0 Å². The quantitative estimate of drug-likeness (QED) is 0.408. The summed E-state index contributed by atoms with van der Waals surface area (Å²) in [4.78, 5) is 26.3. The summed E-state index contributed by atoms with van der Waals surface area (Å²) in [6.45, 7) is 4.81. The van der Waals surface area contributed by atoms with Gasteiger partial charge in [-0.25, -0.2) is 4.79 Å². The Hall–Kier alpha value is -1.50. The van der Waals surface area contributed by atoms with E-state index < -0.39 is 12.1 Å². The summed E-state index contributed by atoms with van der Waals surface area (Å²) in [6, 6.07) is 5.50. The van der Waals surface area contributed by atoms with Crippen LogP contribution in [-0.2, 0) is 16.0 Å². The first-order chi connectivity index (χ1) is 16.3. The first-order valence-electron chi connectivity index (χ1n) is 12.5. The van der Waals surface area contributed by atoms with E-state index in [9.17, 15) is 9.59 Å². The number of hydrogen-bond acceptors (Lipinski definition) is 5. The molecule has 1 aromatic rings. The SMILES string of the molecule is C[C@H](N)C(=O)O[C@H]1CC[C@H]2[C@@H]3CCc4cc(OC(=O)N(CCCl)CCCl)ccc4[C@H]3CC[C@]12C. The van der Waals surface area contributed by atoms with Gasteiger partial charge in [0.2, 0.25) is 0 Å². The minimum Gasteiger partial charge on any atom is -0.461 e. The van der Waals surface area contributed by atoms with E-state index in [0.717, 1.165) is 38.5 Å². The second-order valence-electron chi connectivity index (χ2n) is 10.3. The number of fused-ring (bicyclic) bond motifs is 5. The maximum Gasteiger partial charge on any atom is 0.415 e. The highest BCUT2D eigenvalue weighted by Crippen LogP contribution is 2.61. The van der Waals surface area contributed by atoms with Crippen molar-refractivity contribution in [2.24, 2.45) is 23.0 Å². The predicted octanol–water partition coefficient (Wildman–Crippen LogP) is 5.08. The molecule has 188 valence electrons. The van der Waals surface area contributed by atoms with Gasteiger partial charge in [-0.2, -0.15) is 0 Å². The highest BCUT2D eigenvalue weighted by atomic mass is 35.5. The van der Waals surface area contributed by atoms with Crippen molar-refractivity contribution < 1.29 is 19.1 Å². The zero-order valence-electron chi connectivity index (χ0n) is 20.1. The Bertz CT molecular complexity index is 905. The van der Waals surface area contributed by atoms with Gasteiger partial charge in [0.15, 0.2) is 0 Å². The lowest BCUT2D eigenvalue weighted by Crippen LogP contribution is -2.46. The lowest BCUT2D eigenvalue weighted by molar-refractivity contribution is -0.158. The van der Waals surface area contributed by atoms with Gasteiger partial charge in [0, 0.05) is 30.3 Å². The van der Waals surface area contributed by atoms with Gasteiger partial charge >= 0.3 is 12.1 Å². The maximum atomic E-state index is 12.5. The fraction of sp³-hybridized carbons (Fsp3) is 0.692. The first-order valence-corrected chi connectivity index (χ1v) is 13.5. The monoisotopic (exact) mass is 510 g/mol. The number of nitrogens with two attached hydrogens (primary N) is 1. The van der Waals surface area contributed by atoms with E-state index in [1.165, 1.54) is 16.0 Å². The number of carbonyl (C=O) groups excluding carboxylic acids is 2. The molecule has 4 rings (SSSR count). The molecule has 2 fully saturated rings. The zero-order chi connectivity index (χ0) is 24.5. The summed E-state index contributed by atoms with van der Waals surface area (Å²) in [6.07, 6.45) is 5.75. The summed E-state index contributed by atoms with van der Waals surface area (Å²) >= 11 is 11.6. The maximum absolute atomic E-state index is 12.5. The van der Waals surface area contributed by atoms with Crippen molar-refractivity contribution in [3.63, 3.8) is 0 Å². The van der Waals surface area contributed by atoms with Gasteiger partial charge < -0.3 is 20.1 Å². The molecule has 0 aliphatic heterocycles. The van der Waals surface area contributed by atoms with Crippen LogP contribution in [0.2, 0.25) is 0 Å². The molecule has 0 heterocycles. The number of nitrogens with zero attached hydrogens (tertiary/aromatic N) is 1. The molecule has 6 nitrogen and oxygen atoms in total. The number of halogens is 2. The normalized spacial score (nSPS) is 30.5. The highest BCUT2D eigenvalue weighted by molar-refractivity contribution is 6.18. The van der Waals surface area contributed by atoms with Crippen molar-refractivity contribution in [1.29, 1.82) is 0 Å². The standard InChI is InChI=1S/C26H36Cl2N2O4/c1-16(29)24(31)34-23-8-7-22-21-5-3-17-15-18(33-25(32)30(13-11-27)14-12-28)4-6-19(17)20(21)9-10-26(22,23)2/h4,6,15-16,20-23H,3,5,7-14,29H2,1-2H3/t16-,20+,21+,22-,23-,26-/m0/s1. The van der Waals surface area contributed by atoms with Gasteiger partial charge in [0.25, 0.3) is 0 Å². The number of hydrogen-bond donors (Lipinski definition) is 1. The van der Waals surface area contributed by atoms with E-state index in [1.54, 1.807) is 6.92 Å². The lowest BCUT2D eigenvalue weighted by Gasteiger charge is -2.50. The molecule has 3 aliphatic carbocycles. The Labute approximate surface area is 212 Å². The van der Waals surface area contributed by atoms with Gasteiger partial charge in [0.1, 0.15) is 17.9 Å². The zero-order valence-corrected chi connectivity index (χ0v) is 21.6. The third-order valence-corrected chi connectivity index (χ3v) is 8.75. The lowest BCUT2D eigenvalue weighted by atomic mass is 9.55. The van der Waals surface area contributed by atoms with E-state index in [2.05, 4.69) is 13.0 Å². The van der Waals surface area contributed by atoms with Crippen LogP contribution >= 0.6 is 23.2 Å². The molecular formula is C26H36Cl2N2O4. The average molecular weight is 511 g/mol. The van der Waals surface area contributed by atoms with Gasteiger partial charge in [-0.05, 0) is 86.5 Å². The van der Waals surface area contributed by atoms with E-state index in [4.69, 9.17) is 38.4 Å². The molecule has 0 bridgehead atoms. The third kappa shape index (κ3) is 4.91. The molecule has 0 saturated heterocycles. The Balaban J connectivity index is 1.47. The van der Waals surface area contributed by atoms with Crippen LogP contribution in [-0.4, -0.2) is 54.0 Å². The Morgan fingerprint density at radius 1 is 1.18 bits per heavy atom. The number of amides is 1. The molecule has 2 saturated carbocycles. The molecule has 0 spiro atoms. The molecule has 0 aromatic heterocycles. The van der Waals surface area contributed by atoms with Crippen molar-refractivity contribution in [2.75, 3.05) is 24.8 Å². The number of aryl methyl sites for hydroxylation is 1. The number of rotatable bonds is 7. The van der Waals surface area contributed by atoms with Gasteiger partial charge in [-0.3, -0.25) is 4.79 Å². The van der Waals surface area contributed by atoms with E-state index in [0.29, 0.717) is 48.4 Å². The second kappa shape index (κ2) is 10.6. The largest absolute Gasteiger partial charge is 0.461 e. The van der Waals surface area contributed by atoms with Crippen molar-refractivity contribution >= 4 is 35.3 Å². The number of benzene rings is 1. The van der Waals surface area contributed by atoms with Crippen LogP contribution in [0.4, 0.5) is 4.79 Å². The summed E-state index contributed by atoms with van der Waals surface area (Å²) in [5, 5.41) is 0. The Kier molecular flexibility index (Phi) is 8.00. The minimum atomic E-state index is -0.583. The van der Waals surface area contributed by atoms with Gasteiger partial charge in [-0.1, -0.05) is 13.0 Å². The smallest absolute Gasteiger partial charge is 0.415 e. The number of alkyl halides is 2. The average Bonchev–Trinajstić information content (AvgIpc) is 3.14. The van der Waals surface area contributed by atoms with E-state index in [1.807, 2.05) is 12.1 Å². The predicted molar refractivity (Wildman–Crippen MR) is 134 cm³/mol. The number of carbonyl (C=O) groups is 2. The summed E-state index contributed by atoms with van der Waals surface area (Å²) in [5.74, 6) is 2.58. The van der Waals surface area contributed by atoms with Crippen molar-refractivity contribution in [1.82, 2.24) is 4.90 Å². The van der Waals surface area contributed by atoms with Crippen LogP contribution in [0.15, 0.2) is 18.2 Å². The van der Waals surface area contributed by atoms with Crippen LogP contribution in [0, 0.1) is 17.3 Å². The fourth-order valence-corrected chi connectivity index (χ4v) is 7.09. The van der Waals surface area contributed by atoms with Crippen LogP contribution < -0.4 is 10.5 Å². The molecule has 8 heteroatoms. The van der Waals surface area contributed by atoms with Crippen molar-refractivity contribution in [2.45, 2.75) is 70.4 Å². The molecule has 34 heavy (non-hydrogen) atoms. The van der Waals surface area contributed by atoms with Crippen LogP contribution in [0.3, 0.4) is 0 Å². The van der Waals surface area contributed by atoms with Crippen LogP contribution in [0.5, 0.6) is 5.75 Å². The Morgan fingerprint density at radius 3 is 2.59 bits per heavy atom. The third-order valence-electron chi connectivity index (χ3n) is 8.41. The summed E-state index contributed by atoms with van der Waals surface area (Å²) in [5.41, 5.74) is 8.43. The summed E-state index contributed by atoms with van der Waals surface area (Å²) in [7, 11) is 0. The number of ether oxygens (including phenoxy) is 2. The van der Waals surface area contributed by atoms with Gasteiger partial charge in [0.05, 0.1) is 0 Å². The Morgan fingerprint density at radius 2 is 1.91 bits per heavy atom. The van der Waals surface area contributed by atoms with Crippen molar-refractivity contribution in [3.8, 4) is 5.75 Å². The first kappa shape index (κ1) is 25.6. The van der Waals surface area contributed by atoms with E-state index >= 15 is 0 Å². The molecule has 3 aliphatic rings. The molecule has 1 aromatic carbocycles. The van der Waals surface area contributed by atoms with Crippen LogP contribution in [0.25, 0.3) is 0 Å². The highest BCUT2D eigenvalue weighted by Gasteiger charge is 2.56. The molecule has 0 unspecified atom stereocenters. The van der Waals surface area contributed by atoms with E-state index in [-0.39, 0.29) is 17.5 Å². The summed E-state index contributed by atoms with van der Waals surface area (Å²) < 4.78 is 11.5. The molecule has 0 radical (unpaired) electrons. The molecule has 2 N–H and O–H groups in total. The number of esters is 1. The fourth-order valence-electron chi connectivity index (χ4n) is 6.68. The molecule has 6 atom stereocenters. The molecule has 1 amide bonds. The second-order valence-corrected chi connectivity index (χ2v) is 11.1. The minimum absolute atomic E-state index is 0.0208. The van der Waals surface area contributed by atoms with Crippen molar-refractivity contribution in [3.05, 3.63) is 29.3 Å². The van der Waals surface area contributed by atoms with Gasteiger partial charge in [-0.15, -0.1) is 23.2 Å². The molecular weight excluding hydrogens is 475 g/mol. The topological polar surface area (TPSA) is 81.9 Å².